The SMILES string of the molecule is CCC(C)NC(=O)CCNC(C)c1nc2ccccc2s1. The summed E-state index contributed by atoms with van der Waals surface area (Å²) in [5, 5.41) is 7.41. The summed E-state index contributed by atoms with van der Waals surface area (Å²) in [5.74, 6) is 0.105. The molecular weight excluding hydrogens is 282 g/mol. The zero-order valence-electron chi connectivity index (χ0n) is 12.8. The molecular formula is C16H23N3OS. The van der Waals surface area contributed by atoms with Gasteiger partial charge in [0, 0.05) is 19.0 Å². The fourth-order valence-electron chi connectivity index (χ4n) is 2.01. The van der Waals surface area contributed by atoms with Gasteiger partial charge in [0.05, 0.1) is 16.3 Å². The Bertz CT molecular complexity index is 563. The van der Waals surface area contributed by atoms with Gasteiger partial charge in [0.25, 0.3) is 0 Å². The van der Waals surface area contributed by atoms with Crippen molar-refractivity contribution < 1.29 is 4.79 Å². The molecule has 1 heterocycles. The predicted molar refractivity (Wildman–Crippen MR) is 88.6 cm³/mol. The molecule has 1 amide bonds. The second kappa shape index (κ2) is 7.52. The largest absolute Gasteiger partial charge is 0.354 e. The molecule has 2 N–H and O–H groups in total. The van der Waals surface area contributed by atoms with E-state index in [1.54, 1.807) is 11.3 Å². The van der Waals surface area contributed by atoms with Crippen LogP contribution in [0.4, 0.5) is 0 Å². The number of thiazole rings is 1. The van der Waals surface area contributed by atoms with Crippen molar-refractivity contribution >= 4 is 27.5 Å². The van der Waals surface area contributed by atoms with Gasteiger partial charge in [-0.3, -0.25) is 4.79 Å². The molecule has 0 saturated heterocycles. The van der Waals surface area contributed by atoms with Crippen molar-refractivity contribution in [1.82, 2.24) is 15.6 Å². The van der Waals surface area contributed by atoms with Crippen molar-refractivity contribution in [1.29, 1.82) is 0 Å². The average molecular weight is 305 g/mol. The molecule has 0 aliphatic carbocycles. The molecule has 2 atom stereocenters. The van der Waals surface area contributed by atoms with Crippen LogP contribution < -0.4 is 10.6 Å². The summed E-state index contributed by atoms with van der Waals surface area (Å²) in [7, 11) is 0. The Hall–Kier alpha value is -1.46. The molecule has 1 aromatic carbocycles. The van der Waals surface area contributed by atoms with Gasteiger partial charge in [-0.2, -0.15) is 0 Å². The number of hydrogen-bond donors (Lipinski definition) is 2. The maximum absolute atomic E-state index is 11.7. The number of carbonyl (C=O) groups is 1. The lowest BCUT2D eigenvalue weighted by atomic mass is 10.2. The Labute approximate surface area is 130 Å². The van der Waals surface area contributed by atoms with Crippen LogP contribution in [0.2, 0.25) is 0 Å². The lowest BCUT2D eigenvalue weighted by Gasteiger charge is -2.13. The third kappa shape index (κ3) is 4.51. The van der Waals surface area contributed by atoms with Crippen LogP contribution in [0.1, 0.15) is 44.7 Å². The minimum Gasteiger partial charge on any atom is -0.354 e. The summed E-state index contributed by atoms with van der Waals surface area (Å²) in [5.41, 5.74) is 1.04. The van der Waals surface area contributed by atoms with Crippen molar-refractivity contribution in [2.75, 3.05) is 6.54 Å². The second-order valence-corrected chi connectivity index (χ2v) is 6.38. The minimum atomic E-state index is 0.105. The van der Waals surface area contributed by atoms with Crippen molar-refractivity contribution in [3.8, 4) is 0 Å². The van der Waals surface area contributed by atoms with Crippen LogP contribution in [-0.4, -0.2) is 23.5 Å². The van der Waals surface area contributed by atoms with Gasteiger partial charge in [-0.1, -0.05) is 19.1 Å². The first-order valence-electron chi connectivity index (χ1n) is 7.48. The molecule has 114 valence electrons. The molecule has 0 aliphatic rings. The second-order valence-electron chi connectivity index (χ2n) is 5.32. The third-order valence-electron chi connectivity index (χ3n) is 3.50. The fraction of sp³-hybridized carbons (Fsp3) is 0.500. The smallest absolute Gasteiger partial charge is 0.221 e. The van der Waals surface area contributed by atoms with Crippen LogP contribution >= 0.6 is 11.3 Å². The number of nitrogens with one attached hydrogen (secondary N) is 2. The number of rotatable bonds is 7. The Morgan fingerprint density at radius 2 is 2.10 bits per heavy atom. The van der Waals surface area contributed by atoms with Gasteiger partial charge in [0.1, 0.15) is 5.01 Å². The number of hydrogen-bond acceptors (Lipinski definition) is 4. The molecule has 0 spiro atoms. The first kappa shape index (κ1) is 15.9. The van der Waals surface area contributed by atoms with Gasteiger partial charge in [-0.25, -0.2) is 4.98 Å². The Morgan fingerprint density at radius 1 is 1.33 bits per heavy atom. The molecule has 5 heteroatoms. The molecule has 0 bridgehead atoms. The number of amides is 1. The molecule has 2 unspecified atom stereocenters. The monoisotopic (exact) mass is 305 g/mol. The number of para-hydroxylation sites is 1. The Balaban J connectivity index is 1.81. The maximum Gasteiger partial charge on any atom is 0.221 e. The topological polar surface area (TPSA) is 54.0 Å². The summed E-state index contributed by atoms with van der Waals surface area (Å²) < 4.78 is 1.20. The first-order valence-corrected chi connectivity index (χ1v) is 8.30. The first-order chi connectivity index (χ1) is 10.1. The number of benzene rings is 1. The van der Waals surface area contributed by atoms with Gasteiger partial charge in [0.15, 0.2) is 0 Å². The van der Waals surface area contributed by atoms with E-state index in [9.17, 15) is 4.79 Å². The van der Waals surface area contributed by atoms with Crippen molar-refractivity contribution in [2.24, 2.45) is 0 Å². The van der Waals surface area contributed by atoms with E-state index in [4.69, 9.17) is 0 Å². The van der Waals surface area contributed by atoms with Gasteiger partial charge >= 0.3 is 0 Å². The number of nitrogens with zero attached hydrogens (tertiary/aromatic N) is 1. The molecule has 4 nitrogen and oxygen atoms in total. The number of fused-ring (bicyclic) bond motifs is 1. The summed E-state index contributed by atoms with van der Waals surface area (Å²) in [4.78, 5) is 16.3. The fourth-order valence-corrected chi connectivity index (χ4v) is 3.01. The van der Waals surface area contributed by atoms with Crippen molar-refractivity contribution in [2.45, 2.75) is 45.7 Å². The predicted octanol–water partition coefficient (Wildman–Crippen LogP) is 3.25. The highest BCUT2D eigenvalue weighted by atomic mass is 32.1. The highest BCUT2D eigenvalue weighted by molar-refractivity contribution is 7.18. The van der Waals surface area contributed by atoms with Gasteiger partial charge < -0.3 is 10.6 Å². The van der Waals surface area contributed by atoms with Crippen LogP contribution in [0.3, 0.4) is 0 Å². The van der Waals surface area contributed by atoms with Crippen LogP contribution in [0, 0.1) is 0 Å². The van der Waals surface area contributed by atoms with Crippen LogP contribution in [0.5, 0.6) is 0 Å². The Kier molecular flexibility index (Phi) is 5.70. The average Bonchev–Trinajstić information content (AvgIpc) is 2.91. The van der Waals surface area contributed by atoms with Crippen LogP contribution in [-0.2, 0) is 4.79 Å². The van der Waals surface area contributed by atoms with E-state index >= 15 is 0 Å². The van der Waals surface area contributed by atoms with Crippen molar-refractivity contribution in [3.63, 3.8) is 0 Å². The van der Waals surface area contributed by atoms with Crippen LogP contribution in [0.25, 0.3) is 10.2 Å². The van der Waals surface area contributed by atoms with E-state index in [1.807, 2.05) is 25.1 Å². The summed E-state index contributed by atoms with van der Waals surface area (Å²) >= 11 is 1.70. The lowest BCUT2D eigenvalue weighted by Crippen LogP contribution is -2.34. The van der Waals surface area contributed by atoms with E-state index < -0.39 is 0 Å². The van der Waals surface area contributed by atoms with Gasteiger partial charge in [0.2, 0.25) is 5.91 Å². The van der Waals surface area contributed by atoms with Crippen LogP contribution in [0.15, 0.2) is 24.3 Å². The van der Waals surface area contributed by atoms with E-state index in [-0.39, 0.29) is 18.0 Å². The van der Waals surface area contributed by atoms with Gasteiger partial charge in [-0.05, 0) is 32.4 Å². The van der Waals surface area contributed by atoms with E-state index in [1.165, 1.54) is 4.70 Å². The number of aromatic nitrogens is 1. The molecule has 21 heavy (non-hydrogen) atoms. The molecule has 2 aromatic rings. The quantitative estimate of drug-likeness (QED) is 0.825. The summed E-state index contributed by atoms with van der Waals surface area (Å²) in [6, 6.07) is 8.56. The zero-order valence-corrected chi connectivity index (χ0v) is 13.7. The summed E-state index contributed by atoms with van der Waals surface area (Å²) in [6.45, 7) is 6.84. The summed E-state index contributed by atoms with van der Waals surface area (Å²) in [6.07, 6.45) is 1.46. The van der Waals surface area contributed by atoms with E-state index in [0.717, 1.165) is 16.9 Å². The maximum atomic E-state index is 11.7. The lowest BCUT2D eigenvalue weighted by molar-refractivity contribution is -0.121. The highest BCUT2D eigenvalue weighted by Crippen LogP contribution is 2.25. The normalized spacial score (nSPS) is 14.0. The van der Waals surface area contributed by atoms with E-state index in [0.29, 0.717) is 13.0 Å². The molecule has 0 radical (unpaired) electrons. The third-order valence-corrected chi connectivity index (χ3v) is 4.72. The molecule has 0 aliphatic heterocycles. The standard InChI is InChI=1S/C16H23N3OS/c1-4-11(2)18-15(20)9-10-17-12(3)16-19-13-7-5-6-8-14(13)21-16/h5-8,11-12,17H,4,9-10H2,1-3H3,(H,18,20). The molecule has 1 aromatic heterocycles. The Morgan fingerprint density at radius 3 is 2.81 bits per heavy atom. The molecule has 0 fully saturated rings. The molecule has 2 rings (SSSR count). The zero-order chi connectivity index (χ0) is 15.2. The van der Waals surface area contributed by atoms with Crippen molar-refractivity contribution in [3.05, 3.63) is 29.3 Å². The molecule has 0 saturated carbocycles. The van der Waals surface area contributed by atoms with Gasteiger partial charge in [-0.15, -0.1) is 11.3 Å². The van der Waals surface area contributed by atoms with E-state index in [2.05, 4.69) is 35.5 Å². The minimum absolute atomic E-state index is 0.105. The number of carbonyl (C=O) groups excluding carboxylic acids is 1. The highest BCUT2D eigenvalue weighted by Gasteiger charge is 2.11.